The molecule has 6 rings (SSSR count). The van der Waals surface area contributed by atoms with Crippen molar-refractivity contribution in [2.75, 3.05) is 0 Å². The molecule has 0 spiro atoms. The molecule has 3 heterocycles. The Balaban J connectivity index is 1.19. The SMILES string of the molecule is NC1NNC2CC(c3[nH]c([C@H](Cc4ccccc4)NC(=O)NCc4cc(Cl)ccc4-n4cncn4)nc3Cl)CCC12. The van der Waals surface area contributed by atoms with Crippen molar-refractivity contribution in [3.05, 3.63) is 94.0 Å². The fourth-order valence-electron chi connectivity index (χ4n) is 5.88. The zero-order valence-electron chi connectivity index (χ0n) is 22.2. The van der Waals surface area contributed by atoms with E-state index in [1.807, 2.05) is 36.4 Å². The van der Waals surface area contributed by atoms with Crippen LogP contribution in [0.1, 0.15) is 53.9 Å². The molecule has 1 aliphatic heterocycles. The maximum atomic E-state index is 13.2. The molecule has 11 nitrogen and oxygen atoms in total. The van der Waals surface area contributed by atoms with Crippen LogP contribution in [0, 0.1) is 5.92 Å². The number of H-pyrrole nitrogens is 1. The number of rotatable bonds is 8. The third-order valence-corrected chi connectivity index (χ3v) is 8.50. The van der Waals surface area contributed by atoms with Crippen molar-refractivity contribution in [2.45, 2.75) is 56.4 Å². The first kappa shape index (κ1) is 27.7. The van der Waals surface area contributed by atoms with Crippen LogP contribution in [0.15, 0.2) is 61.2 Å². The number of aromatic nitrogens is 5. The molecule has 13 heteroatoms. The zero-order valence-corrected chi connectivity index (χ0v) is 23.7. The number of carbonyl (C=O) groups excluding carboxylic acids is 1. The average molecular weight is 596 g/mol. The van der Waals surface area contributed by atoms with Gasteiger partial charge in [0.05, 0.1) is 23.6 Å². The maximum absolute atomic E-state index is 13.2. The molecular weight excluding hydrogens is 563 g/mol. The standard InChI is InChI=1S/C28H32Cl2N10O/c29-19-7-9-23(40-15-32-14-34-40)18(11-19)13-33-28(41)35-22(10-16-4-2-1-3-5-16)27-36-24(25(30)37-27)17-6-8-20-21(12-17)38-39-26(20)31/h1-5,7,9,11,14-15,17,20-22,26,38-39H,6,8,10,12-13,31H2,(H,36,37)(H2,33,35,41)/t17?,20?,21?,22-,26?/m0/s1. The Hall–Kier alpha value is -3.48. The van der Waals surface area contributed by atoms with Crippen LogP contribution in [0.25, 0.3) is 5.69 Å². The van der Waals surface area contributed by atoms with Crippen molar-refractivity contribution < 1.29 is 4.79 Å². The van der Waals surface area contributed by atoms with Crippen LogP contribution >= 0.6 is 23.2 Å². The fraction of sp³-hybridized carbons (Fsp3) is 0.357. The average Bonchev–Trinajstić information content (AvgIpc) is 3.73. The van der Waals surface area contributed by atoms with E-state index in [1.165, 1.54) is 6.33 Å². The van der Waals surface area contributed by atoms with Gasteiger partial charge in [-0.2, -0.15) is 5.10 Å². The number of nitrogens with one attached hydrogen (secondary N) is 5. The molecule has 2 amide bonds. The number of halogens is 2. The van der Waals surface area contributed by atoms with Gasteiger partial charge in [-0.3, -0.25) is 5.43 Å². The number of nitrogens with two attached hydrogens (primary N) is 1. The summed E-state index contributed by atoms with van der Waals surface area (Å²) in [4.78, 5) is 25.4. The highest BCUT2D eigenvalue weighted by atomic mass is 35.5. The molecule has 4 aromatic rings. The summed E-state index contributed by atoms with van der Waals surface area (Å²) >= 11 is 13.0. The summed E-state index contributed by atoms with van der Waals surface area (Å²) in [6, 6.07) is 14.9. The Morgan fingerprint density at radius 3 is 2.80 bits per heavy atom. The van der Waals surface area contributed by atoms with Crippen molar-refractivity contribution in [3.63, 3.8) is 0 Å². The van der Waals surface area contributed by atoms with Crippen LogP contribution in [-0.4, -0.2) is 43.0 Å². The van der Waals surface area contributed by atoms with Crippen molar-refractivity contribution in [1.29, 1.82) is 0 Å². The number of fused-ring (bicyclic) bond motifs is 1. The van der Waals surface area contributed by atoms with Gasteiger partial charge in [0.25, 0.3) is 0 Å². The zero-order chi connectivity index (χ0) is 28.3. The second-order valence-corrected chi connectivity index (χ2v) is 11.4. The molecule has 2 aromatic carbocycles. The van der Waals surface area contributed by atoms with Crippen molar-refractivity contribution in [3.8, 4) is 5.69 Å². The first-order chi connectivity index (χ1) is 19.9. The Bertz CT molecular complexity index is 1480. The number of amides is 2. The van der Waals surface area contributed by atoms with Crippen molar-refractivity contribution in [1.82, 2.24) is 46.2 Å². The number of urea groups is 1. The summed E-state index contributed by atoms with van der Waals surface area (Å²) in [6.07, 6.45) is 6.41. The van der Waals surface area contributed by atoms with E-state index in [2.05, 4.69) is 41.5 Å². The highest BCUT2D eigenvalue weighted by Crippen LogP contribution is 2.40. The Morgan fingerprint density at radius 1 is 1.15 bits per heavy atom. The largest absolute Gasteiger partial charge is 0.343 e. The Morgan fingerprint density at radius 2 is 2.00 bits per heavy atom. The number of hydrogen-bond acceptors (Lipinski definition) is 7. The normalized spacial score (nSPS) is 22.7. The lowest BCUT2D eigenvalue weighted by Crippen LogP contribution is -2.39. The lowest BCUT2D eigenvalue weighted by molar-refractivity contribution is 0.236. The molecule has 0 bridgehead atoms. The second kappa shape index (κ2) is 12.2. The first-order valence-electron chi connectivity index (χ1n) is 13.7. The third kappa shape index (κ3) is 6.24. The molecule has 5 atom stereocenters. The van der Waals surface area contributed by atoms with Gasteiger partial charge in [0, 0.05) is 29.4 Å². The third-order valence-electron chi connectivity index (χ3n) is 7.98. The van der Waals surface area contributed by atoms with E-state index in [-0.39, 0.29) is 30.7 Å². The van der Waals surface area contributed by atoms with Gasteiger partial charge in [-0.05, 0) is 55.0 Å². The smallest absolute Gasteiger partial charge is 0.315 e. The van der Waals surface area contributed by atoms with Crippen LogP contribution in [0.4, 0.5) is 4.79 Å². The molecule has 7 N–H and O–H groups in total. The predicted octanol–water partition coefficient (Wildman–Crippen LogP) is 3.73. The molecule has 2 aliphatic rings. The van der Waals surface area contributed by atoms with Gasteiger partial charge in [0.15, 0.2) is 5.15 Å². The molecular formula is C28H32Cl2N10O. The van der Waals surface area contributed by atoms with E-state index in [0.29, 0.717) is 28.3 Å². The highest BCUT2D eigenvalue weighted by molar-refractivity contribution is 6.30. The number of nitrogens with zero attached hydrogens (tertiary/aromatic N) is 4. The quantitative estimate of drug-likeness (QED) is 0.182. The van der Waals surface area contributed by atoms with Crippen LogP contribution in [0.2, 0.25) is 10.2 Å². The maximum Gasteiger partial charge on any atom is 0.315 e. The molecule has 1 saturated heterocycles. The Kier molecular flexibility index (Phi) is 8.22. The Labute approximate surface area is 247 Å². The summed E-state index contributed by atoms with van der Waals surface area (Å²) in [5.74, 6) is 1.23. The van der Waals surface area contributed by atoms with Gasteiger partial charge in [0.1, 0.15) is 18.5 Å². The minimum Gasteiger partial charge on any atom is -0.343 e. The number of imidazole rings is 1. The lowest BCUT2D eigenvalue weighted by Gasteiger charge is -2.31. The molecule has 41 heavy (non-hydrogen) atoms. The molecule has 1 saturated carbocycles. The molecule has 1 aliphatic carbocycles. The molecule has 2 aromatic heterocycles. The highest BCUT2D eigenvalue weighted by Gasteiger charge is 2.40. The minimum atomic E-state index is -0.436. The summed E-state index contributed by atoms with van der Waals surface area (Å²) in [5, 5.41) is 11.3. The van der Waals surface area contributed by atoms with E-state index in [0.717, 1.165) is 41.8 Å². The number of carbonyl (C=O) groups is 1. The monoisotopic (exact) mass is 594 g/mol. The van der Waals surface area contributed by atoms with Crippen LogP contribution < -0.4 is 27.2 Å². The molecule has 4 unspecified atom stereocenters. The van der Waals surface area contributed by atoms with Gasteiger partial charge in [-0.15, -0.1) is 0 Å². The van der Waals surface area contributed by atoms with E-state index >= 15 is 0 Å². The van der Waals surface area contributed by atoms with Crippen LogP contribution in [-0.2, 0) is 13.0 Å². The van der Waals surface area contributed by atoms with Gasteiger partial charge >= 0.3 is 6.03 Å². The van der Waals surface area contributed by atoms with E-state index in [4.69, 9.17) is 28.9 Å². The van der Waals surface area contributed by atoms with Gasteiger partial charge in [-0.25, -0.2) is 24.9 Å². The van der Waals surface area contributed by atoms with E-state index < -0.39 is 6.04 Å². The minimum absolute atomic E-state index is 0.0362. The number of hydrazine groups is 1. The van der Waals surface area contributed by atoms with Gasteiger partial charge in [0.2, 0.25) is 0 Å². The summed E-state index contributed by atoms with van der Waals surface area (Å²) in [6.45, 7) is 0.234. The number of aromatic amines is 1. The molecule has 2 fully saturated rings. The summed E-state index contributed by atoms with van der Waals surface area (Å²) in [7, 11) is 0. The summed E-state index contributed by atoms with van der Waals surface area (Å²) < 4.78 is 1.63. The molecule has 214 valence electrons. The predicted molar refractivity (Wildman–Crippen MR) is 156 cm³/mol. The molecule has 0 radical (unpaired) electrons. The fourth-order valence-corrected chi connectivity index (χ4v) is 6.37. The first-order valence-corrected chi connectivity index (χ1v) is 14.4. The second-order valence-electron chi connectivity index (χ2n) is 10.6. The van der Waals surface area contributed by atoms with E-state index in [9.17, 15) is 4.79 Å². The van der Waals surface area contributed by atoms with Crippen LogP contribution in [0.3, 0.4) is 0 Å². The lowest BCUT2D eigenvalue weighted by atomic mass is 9.77. The van der Waals surface area contributed by atoms with E-state index in [1.54, 1.807) is 23.1 Å². The van der Waals surface area contributed by atoms with Crippen molar-refractivity contribution in [2.24, 2.45) is 11.7 Å². The number of benzene rings is 2. The summed E-state index contributed by atoms with van der Waals surface area (Å²) in [5.41, 5.74) is 16.2. The topological polar surface area (TPSA) is 151 Å². The van der Waals surface area contributed by atoms with Gasteiger partial charge < -0.3 is 21.4 Å². The van der Waals surface area contributed by atoms with Crippen molar-refractivity contribution >= 4 is 29.2 Å². The van der Waals surface area contributed by atoms with Gasteiger partial charge in [-0.1, -0.05) is 53.5 Å². The van der Waals surface area contributed by atoms with Crippen LogP contribution in [0.5, 0.6) is 0 Å². The number of hydrogen-bond donors (Lipinski definition) is 6.